The fraction of sp³-hybridized carbons (Fsp3) is 0.167. The molecule has 33 heavy (non-hydrogen) atoms. The van der Waals surface area contributed by atoms with E-state index in [-0.39, 0.29) is 25.7 Å². The molecule has 1 heterocycles. The second-order valence-corrected chi connectivity index (χ2v) is 7.20. The highest BCUT2D eigenvalue weighted by atomic mass is 19.4. The zero-order valence-corrected chi connectivity index (χ0v) is 17.4. The van der Waals surface area contributed by atoms with Crippen LogP contribution in [0.15, 0.2) is 72.8 Å². The molecule has 0 radical (unpaired) electrons. The van der Waals surface area contributed by atoms with Crippen LogP contribution in [0.3, 0.4) is 0 Å². The fourth-order valence-electron chi connectivity index (χ4n) is 3.20. The van der Waals surface area contributed by atoms with Gasteiger partial charge in [-0.2, -0.15) is 18.3 Å². The molecule has 1 amide bonds. The number of alkyl halides is 3. The first-order chi connectivity index (χ1) is 15.9. The molecule has 0 spiro atoms. The Morgan fingerprint density at radius 3 is 2.58 bits per heavy atom. The summed E-state index contributed by atoms with van der Waals surface area (Å²) in [6.45, 7) is 0.475. The average Bonchev–Trinajstić information content (AvgIpc) is 3.21. The predicted octanol–water partition coefficient (Wildman–Crippen LogP) is 5.43. The highest BCUT2D eigenvalue weighted by molar-refractivity contribution is 6.07. The van der Waals surface area contributed by atoms with Gasteiger partial charge in [0.2, 0.25) is 0 Å². The monoisotopic (exact) mass is 455 g/mol. The molecule has 0 saturated carbocycles. The van der Waals surface area contributed by atoms with Gasteiger partial charge in [-0.3, -0.25) is 9.89 Å². The minimum atomic E-state index is -4.38. The first kappa shape index (κ1) is 22.3. The van der Waals surface area contributed by atoms with E-state index in [0.717, 1.165) is 17.5 Å². The van der Waals surface area contributed by atoms with E-state index in [4.69, 9.17) is 9.47 Å². The van der Waals surface area contributed by atoms with Crippen LogP contribution in [-0.4, -0.2) is 29.3 Å². The molecule has 1 aromatic heterocycles. The summed E-state index contributed by atoms with van der Waals surface area (Å²) in [6.07, 6.45) is -4.38. The van der Waals surface area contributed by atoms with Gasteiger partial charge in [0.05, 0.1) is 24.3 Å². The number of anilines is 1. The van der Waals surface area contributed by atoms with Crippen molar-refractivity contribution in [3.63, 3.8) is 0 Å². The summed E-state index contributed by atoms with van der Waals surface area (Å²) < 4.78 is 49.4. The molecule has 0 aliphatic carbocycles. The Balaban J connectivity index is 1.28. The molecule has 0 saturated heterocycles. The lowest BCUT2D eigenvalue weighted by molar-refractivity contribution is -0.137. The normalized spacial score (nSPS) is 11.5. The van der Waals surface area contributed by atoms with Crippen molar-refractivity contribution in [2.75, 3.05) is 18.5 Å². The lowest BCUT2D eigenvalue weighted by Crippen LogP contribution is -2.12. The van der Waals surface area contributed by atoms with Gasteiger partial charge < -0.3 is 14.8 Å². The summed E-state index contributed by atoms with van der Waals surface area (Å²) in [4.78, 5) is 12.3. The number of aromatic nitrogens is 2. The van der Waals surface area contributed by atoms with Crippen LogP contribution in [-0.2, 0) is 17.5 Å². The summed E-state index contributed by atoms with van der Waals surface area (Å²) in [5.74, 6) is 0.715. The van der Waals surface area contributed by atoms with Crippen LogP contribution in [0, 0.1) is 0 Å². The maximum atomic E-state index is 12.8. The number of aromatic amines is 1. The highest BCUT2D eigenvalue weighted by Gasteiger charge is 2.30. The molecule has 9 heteroatoms. The number of nitrogens with zero attached hydrogens (tertiary/aromatic N) is 1. The maximum absolute atomic E-state index is 12.8. The average molecular weight is 455 g/mol. The Labute approximate surface area is 187 Å². The van der Waals surface area contributed by atoms with Gasteiger partial charge in [-0.05, 0) is 42.0 Å². The van der Waals surface area contributed by atoms with Crippen LogP contribution in [0.4, 0.5) is 19.0 Å². The van der Waals surface area contributed by atoms with Crippen molar-refractivity contribution in [3.05, 3.63) is 89.5 Å². The number of hydrogen-bond donors (Lipinski definition) is 2. The van der Waals surface area contributed by atoms with E-state index >= 15 is 0 Å². The molecule has 0 aliphatic heterocycles. The van der Waals surface area contributed by atoms with Crippen LogP contribution in [0.5, 0.6) is 5.75 Å². The van der Waals surface area contributed by atoms with Crippen LogP contribution >= 0.6 is 0 Å². The Morgan fingerprint density at radius 1 is 0.970 bits per heavy atom. The van der Waals surface area contributed by atoms with Crippen LogP contribution in [0.2, 0.25) is 0 Å². The lowest BCUT2D eigenvalue weighted by atomic mass is 10.1. The summed E-state index contributed by atoms with van der Waals surface area (Å²) >= 11 is 0. The van der Waals surface area contributed by atoms with E-state index in [1.54, 1.807) is 48.5 Å². The Hall–Kier alpha value is -3.85. The van der Waals surface area contributed by atoms with E-state index in [9.17, 15) is 18.0 Å². The number of rotatable bonds is 8. The third-order valence-electron chi connectivity index (χ3n) is 4.82. The maximum Gasteiger partial charge on any atom is 0.416 e. The van der Waals surface area contributed by atoms with Crippen molar-refractivity contribution in [2.24, 2.45) is 0 Å². The van der Waals surface area contributed by atoms with Gasteiger partial charge in [0.25, 0.3) is 5.91 Å². The van der Waals surface area contributed by atoms with Gasteiger partial charge in [0, 0.05) is 17.0 Å². The third kappa shape index (κ3) is 5.69. The molecule has 4 aromatic rings. The molecular weight excluding hydrogens is 435 g/mol. The molecule has 0 bridgehead atoms. The van der Waals surface area contributed by atoms with E-state index in [1.807, 2.05) is 6.07 Å². The Kier molecular flexibility index (Phi) is 6.60. The first-order valence-corrected chi connectivity index (χ1v) is 10.1. The van der Waals surface area contributed by atoms with Crippen molar-refractivity contribution in [1.82, 2.24) is 10.2 Å². The number of amides is 1. The zero-order chi connectivity index (χ0) is 23.3. The summed E-state index contributed by atoms with van der Waals surface area (Å²) in [7, 11) is 0. The molecule has 6 nitrogen and oxygen atoms in total. The molecule has 4 rings (SSSR count). The van der Waals surface area contributed by atoms with Crippen LogP contribution in [0.1, 0.15) is 21.5 Å². The highest BCUT2D eigenvalue weighted by Crippen LogP contribution is 2.29. The number of carbonyl (C=O) groups excluding carboxylic acids is 1. The number of ether oxygens (including phenoxy) is 2. The van der Waals surface area contributed by atoms with Crippen LogP contribution in [0.25, 0.3) is 10.9 Å². The smallest absolute Gasteiger partial charge is 0.416 e. The molecule has 0 fully saturated rings. The molecular formula is C24H20F3N3O3. The summed E-state index contributed by atoms with van der Waals surface area (Å²) in [6, 6.07) is 19.1. The zero-order valence-electron chi connectivity index (χ0n) is 17.4. The Morgan fingerprint density at radius 2 is 1.79 bits per heavy atom. The topological polar surface area (TPSA) is 76.2 Å². The van der Waals surface area contributed by atoms with Gasteiger partial charge in [-0.25, -0.2) is 0 Å². The number of hydrogen-bond acceptors (Lipinski definition) is 4. The molecule has 0 atom stereocenters. The number of halogens is 3. The molecule has 3 aromatic carbocycles. The number of H-pyrrole nitrogens is 1. The Bertz CT molecular complexity index is 1240. The van der Waals surface area contributed by atoms with Crippen molar-refractivity contribution >= 4 is 22.6 Å². The van der Waals surface area contributed by atoms with E-state index in [2.05, 4.69) is 15.5 Å². The standard InChI is InChI=1S/C24H20F3N3O3/c25-24(26,27)18-8-4-5-16(13-18)15-32-11-12-33-19-9-10-20-21(14-19)29-30-22(20)28-23(31)17-6-2-1-3-7-17/h1-10,13-14H,11-12,15H2,(H2,28,29,30,31). The quantitative estimate of drug-likeness (QED) is 0.348. The van der Waals surface area contributed by atoms with Crippen molar-refractivity contribution in [1.29, 1.82) is 0 Å². The number of carbonyl (C=O) groups is 1. The van der Waals surface area contributed by atoms with Gasteiger partial charge in [0.15, 0.2) is 5.82 Å². The largest absolute Gasteiger partial charge is 0.491 e. The third-order valence-corrected chi connectivity index (χ3v) is 4.82. The lowest BCUT2D eigenvalue weighted by Gasteiger charge is -2.10. The second kappa shape index (κ2) is 9.74. The summed E-state index contributed by atoms with van der Waals surface area (Å²) in [5, 5.41) is 10.5. The SMILES string of the molecule is O=C(Nc1n[nH]c2cc(OCCOCc3cccc(C(F)(F)F)c3)ccc12)c1ccccc1. The number of benzene rings is 3. The minimum Gasteiger partial charge on any atom is -0.491 e. The van der Waals surface area contributed by atoms with Crippen LogP contribution < -0.4 is 10.1 Å². The van der Waals surface area contributed by atoms with E-state index < -0.39 is 11.7 Å². The molecule has 0 aliphatic rings. The predicted molar refractivity (Wildman–Crippen MR) is 117 cm³/mol. The van der Waals surface area contributed by atoms with Gasteiger partial charge >= 0.3 is 6.18 Å². The molecule has 170 valence electrons. The van der Waals surface area contributed by atoms with Gasteiger partial charge in [-0.15, -0.1) is 0 Å². The number of fused-ring (bicyclic) bond motifs is 1. The van der Waals surface area contributed by atoms with E-state index in [1.165, 1.54) is 6.07 Å². The first-order valence-electron chi connectivity index (χ1n) is 10.1. The van der Waals surface area contributed by atoms with Crippen molar-refractivity contribution in [2.45, 2.75) is 12.8 Å². The van der Waals surface area contributed by atoms with E-state index in [0.29, 0.717) is 28.2 Å². The van der Waals surface area contributed by atoms with Crippen molar-refractivity contribution < 1.29 is 27.4 Å². The van der Waals surface area contributed by atoms with Gasteiger partial charge in [0.1, 0.15) is 12.4 Å². The molecule has 0 unspecified atom stereocenters. The van der Waals surface area contributed by atoms with Gasteiger partial charge in [-0.1, -0.05) is 30.3 Å². The fourth-order valence-corrected chi connectivity index (χ4v) is 3.20. The summed E-state index contributed by atoms with van der Waals surface area (Å²) in [5.41, 5.74) is 0.945. The minimum absolute atomic E-state index is 0.0529. The van der Waals surface area contributed by atoms with Crippen molar-refractivity contribution in [3.8, 4) is 5.75 Å². The second-order valence-electron chi connectivity index (χ2n) is 7.20. The number of nitrogens with one attached hydrogen (secondary N) is 2. The molecule has 2 N–H and O–H groups in total.